The van der Waals surface area contributed by atoms with E-state index in [9.17, 15) is 8.78 Å². The van der Waals surface area contributed by atoms with E-state index in [1.54, 1.807) is 12.3 Å². The van der Waals surface area contributed by atoms with E-state index in [1.807, 2.05) is 17.0 Å². The molecule has 1 aromatic rings. The Balaban J connectivity index is 1.49. The van der Waals surface area contributed by atoms with Crippen LogP contribution in [0.25, 0.3) is 5.57 Å². The highest BCUT2D eigenvalue weighted by Crippen LogP contribution is 2.59. The molecule has 7 heteroatoms. The van der Waals surface area contributed by atoms with Crippen LogP contribution >= 0.6 is 0 Å². The van der Waals surface area contributed by atoms with Crippen molar-refractivity contribution in [3.63, 3.8) is 0 Å². The molecule has 21 heavy (non-hydrogen) atoms. The van der Waals surface area contributed by atoms with Gasteiger partial charge in [-0.1, -0.05) is 6.07 Å². The number of pyridine rings is 1. The number of alkyl halides is 2. The van der Waals surface area contributed by atoms with E-state index in [0.29, 0.717) is 31.4 Å². The first-order chi connectivity index (χ1) is 10.1. The van der Waals surface area contributed by atoms with Crippen LogP contribution in [0.15, 0.2) is 29.4 Å². The van der Waals surface area contributed by atoms with E-state index in [-0.39, 0.29) is 0 Å². The fraction of sp³-hybridized carbons (Fsp3) is 0.429. The molecule has 1 aromatic heterocycles. The van der Waals surface area contributed by atoms with E-state index in [2.05, 4.69) is 15.3 Å². The zero-order chi connectivity index (χ0) is 14.6. The number of aromatic nitrogens is 1. The van der Waals surface area contributed by atoms with Gasteiger partial charge < -0.3 is 16.0 Å². The van der Waals surface area contributed by atoms with Crippen LogP contribution in [0.1, 0.15) is 5.69 Å². The monoisotopic (exact) mass is 291 g/mol. The zero-order valence-corrected chi connectivity index (χ0v) is 11.3. The Bertz CT molecular complexity index is 641. The molecule has 0 radical (unpaired) electrons. The maximum Gasteiger partial charge on any atom is 0.258 e. The van der Waals surface area contributed by atoms with Gasteiger partial charge in [-0.25, -0.2) is 18.8 Å². The lowest BCUT2D eigenvalue weighted by molar-refractivity contribution is 0.0640. The minimum atomic E-state index is -2.46. The summed E-state index contributed by atoms with van der Waals surface area (Å²) in [6.45, 7) is 1.32. The molecular weight excluding hydrogens is 276 g/mol. The van der Waals surface area contributed by atoms with Crippen LogP contribution in [-0.2, 0) is 0 Å². The number of nitrogens with one attached hydrogen (secondary N) is 1. The molecule has 3 aliphatic rings. The van der Waals surface area contributed by atoms with Gasteiger partial charge in [-0.15, -0.1) is 0 Å². The normalized spacial score (nSPS) is 29.3. The second-order valence-electron chi connectivity index (χ2n) is 5.70. The van der Waals surface area contributed by atoms with Crippen LogP contribution in [0.5, 0.6) is 0 Å². The van der Waals surface area contributed by atoms with Crippen molar-refractivity contribution in [3.05, 3.63) is 30.1 Å². The predicted octanol–water partition coefficient (Wildman–Crippen LogP) is 1.16. The highest BCUT2D eigenvalue weighted by Gasteiger charge is 2.72. The van der Waals surface area contributed by atoms with Crippen LogP contribution in [0.2, 0.25) is 0 Å². The number of likely N-dealkylation sites (tertiary alicyclic amines) is 1. The van der Waals surface area contributed by atoms with Crippen molar-refractivity contribution in [2.45, 2.75) is 5.92 Å². The number of hydrogen-bond donors (Lipinski definition) is 2. The molecule has 4 rings (SSSR count). The van der Waals surface area contributed by atoms with Gasteiger partial charge in [0.25, 0.3) is 5.92 Å². The topological polar surface area (TPSA) is 66.5 Å². The maximum atomic E-state index is 13.2. The fourth-order valence-corrected chi connectivity index (χ4v) is 3.07. The Morgan fingerprint density at radius 2 is 2.05 bits per heavy atom. The minimum Gasteiger partial charge on any atom is -0.384 e. The molecule has 3 N–H and O–H groups in total. The average Bonchev–Trinajstić information content (AvgIpc) is 2.86. The van der Waals surface area contributed by atoms with Gasteiger partial charge in [0, 0.05) is 31.4 Å². The largest absolute Gasteiger partial charge is 0.384 e. The Morgan fingerprint density at radius 3 is 2.67 bits per heavy atom. The van der Waals surface area contributed by atoms with E-state index in [0.717, 1.165) is 11.3 Å². The van der Waals surface area contributed by atoms with Crippen LogP contribution in [0, 0.1) is 11.8 Å². The smallest absolute Gasteiger partial charge is 0.258 e. The first-order valence-electron chi connectivity index (χ1n) is 6.92. The van der Waals surface area contributed by atoms with Crippen molar-refractivity contribution in [3.8, 4) is 0 Å². The summed E-state index contributed by atoms with van der Waals surface area (Å²) in [5.74, 6) is -2.32. The number of rotatable bonds is 1. The number of anilines is 1. The van der Waals surface area contributed by atoms with Crippen molar-refractivity contribution in [2.75, 3.05) is 25.4 Å². The second kappa shape index (κ2) is 4.16. The molecule has 1 saturated heterocycles. The van der Waals surface area contributed by atoms with Gasteiger partial charge in [0.2, 0.25) is 0 Å². The first-order valence-corrected chi connectivity index (χ1v) is 6.92. The van der Waals surface area contributed by atoms with E-state index in [4.69, 9.17) is 5.73 Å². The van der Waals surface area contributed by atoms with E-state index < -0.39 is 17.8 Å². The maximum absolute atomic E-state index is 13.2. The number of fused-ring (bicyclic) bond motifs is 1. The zero-order valence-electron chi connectivity index (χ0n) is 11.3. The van der Waals surface area contributed by atoms with Crippen LogP contribution in [-0.4, -0.2) is 41.4 Å². The van der Waals surface area contributed by atoms with Crippen molar-refractivity contribution in [1.29, 1.82) is 0 Å². The molecule has 2 unspecified atom stereocenters. The number of halogens is 2. The van der Waals surface area contributed by atoms with Crippen LogP contribution < -0.4 is 11.1 Å². The number of hydrogen-bond acceptors (Lipinski definition) is 5. The molecular formula is C14H15F2N5. The summed E-state index contributed by atoms with van der Waals surface area (Å²) >= 11 is 0. The van der Waals surface area contributed by atoms with Crippen molar-refractivity contribution in [2.24, 2.45) is 16.8 Å². The van der Waals surface area contributed by atoms with Crippen LogP contribution in [0.3, 0.4) is 0 Å². The third kappa shape index (κ3) is 1.95. The number of nitrogens with two attached hydrogens (primary N) is 1. The van der Waals surface area contributed by atoms with Gasteiger partial charge in [0.15, 0.2) is 5.96 Å². The molecule has 0 bridgehead atoms. The molecule has 1 saturated carbocycles. The SMILES string of the molecule is Nc1cccc(C2=CN=C(N3CC4C(C3)C4(F)F)NC2)n1. The van der Waals surface area contributed by atoms with E-state index in [1.165, 1.54) is 0 Å². The Labute approximate surface area is 120 Å². The first kappa shape index (κ1) is 12.6. The Hall–Kier alpha value is -2.18. The molecule has 5 nitrogen and oxygen atoms in total. The predicted molar refractivity (Wildman–Crippen MR) is 75.6 cm³/mol. The molecule has 2 aliphatic heterocycles. The van der Waals surface area contributed by atoms with Crippen molar-refractivity contribution < 1.29 is 8.78 Å². The molecule has 110 valence electrons. The van der Waals surface area contributed by atoms with Gasteiger partial charge in [0.05, 0.1) is 17.5 Å². The molecule has 3 heterocycles. The molecule has 0 amide bonds. The summed E-state index contributed by atoms with van der Waals surface area (Å²) in [7, 11) is 0. The lowest BCUT2D eigenvalue weighted by atomic mass is 10.1. The van der Waals surface area contributed by atoms with Crippen molar-refractivity contribution in [1.82, 2.24) is 15.2 Å². The Morgan fingerprint density at radius 1 is 1.29 bits per heavy atom. The summed E-state index contributed by atoms with van der Waals surface area (Å²) in [6.07, 6.45) is 1.73. The van der Waals surface area contributed by atoms with Gasteiger partial charge in [-0.2, -0.15) is 0 Å². The second-order valence-corrected chi connectivity index (χ2v) is 5.70. The molecule has 2 fully saturated rings. The summed E-state index contributed by atoms with van der Waals surface area (Å²) in [5.41, 5.74) is 7.37. The lowest BCUT2D eigenvalue weighted by Gasteiger charge is -2.26. The number of aliphatic imine (C=N–C) groups is 1. The number of nitrogens with zero attached hydrogens (tertiary/aromatic N) is 3. The van der Waals surface area contributed by atoms with Gasteiger partial charge >= 0.3 is 0 Å². The van der Waals surface area contributed by atoms with Crippen LogP contribution in [0.4, 0.5) is 14.6 Å². The van der Waals surface area contributed by atoms with E-state index >= 15 is 0 Å². The summed E-state index contributed by atoms with van der Waals surface area (Å²) in [5, 5.41) is 3.18. The Kier molecular flexibility index (Phi) is 2.49. The third-order valence-electron chi connectivity index (χ3n) is 4.38. The average molecular weight is 291 g/mol. The standard InChI is InChI=1S/C14H15F2N5/c15-14(16)9-6-21(7-10(9)14)13-18-4-8(5-19-13)11-2-1-3-12(17)20-11/h1-4,9-10H,5-7H2,(H2,17,20)(H,18,19). The van der Waals surface area contributed by atoms with Gasteiger partial charge in [-0.05, 0) is 12.1 Å². The van der Waals surface area contributed by atoms with Gasteiger partial charge in [0.1, 0.15) is 5.82 Å². The number of guanidine groups is 1. The number of nitrogen functional groups attached to an aromatic ring is 1. The summed E-state index contributed by atoms with van der Waals surface area (Å²) in [6, 6.07) is 5.44. The number of piperidine rings is 1. The third-order valence-corrected chi connectivity index (χ3v) is 4.38. The minimum absolute atomic E-state index is 0.378. The quantitative estimate of drug-likeness (QED) is 0.815. The molecule has 0 aromatic carbocycles. The van der Waals surface area contributed by atoms with Gasteiger partial charge in [-0.3, -0.25) is 0 Å². The highest BCUT2D eigenvalue weighted by molar-refractivity contribution is 5.86. The summed E-state index contributed by atoms with van der Waals surface area (Å²) < 4.78 is 26.4. The van der Waals surface area contributed by atoms with Crippen molar-refractivity contribution >= 4 is 17.4 Å². The molecule has 1 aliphatic carbocycles. The molecule has 2 atom stereocenters. The lowest BCUT2D eigenvalue weighted by Crippen LogP contribution is -2.44. The highest BCUT2D eigenvalue weighted by atomic mass is 19.3. The fourth-order valence-electron chi connectivity index (χ4n) is 3.07. The molecule has 0 spiro atoms. The summed E-state index contributed by atoms with van der Waals surface area (Å²) in [4.78, 5) is 10.5.